The molecule has 22 heavy (non-hydrogen) atoms. The number of anilines is 1. The highest BCUT2D eigenvalue weighted by Crippen LogP contribution is 2.29. The Morgan fingerprint density at radius 1 is 1.45 bits per heavy atom. The average molecular weight is 318 g/mol. The van der Waals surface area contributed by atoms with E-state index in [1.54, 1.807) is 11.8 Å². The van der Waals surface area contributed by atoms with Crippen LogP contribution in [-0.2, 0) is 9.53 Å². The fourth-order valence-electron chi connectivity index (χ4n) is 2.59. The number of hydrogen-bond donors (Lipinski definition) is 1. The zero-order chi connectivity index (χ0) is 15.7. The highest BCUT2D eigenvalue weighted by Gasteiger charge is 2.28. The summed E-state index contributed by atoms with van der Waals surface area (Å²) in [7, 11) is 1.82. The summed E-state index contributed by atoms with van der Waals surface area (Å²) in [5.41, 5.74) is 0.898. The van der Waals surface area contributed by atoms with Gasteiger partial charge in [0.1, 0.15) is 10.9 Å². The van der Waals surface area contributed by atoms with E-state index in [0.29, 0.717) is 11.5 Å². The molecule has 6 heteroatoms. The molecule has 0 unspecified atom stereocenters. The van der Waals surface area contributed by atoms with E-state index in [4.69, 9.17) is 4.74 Å². The molecule has 1 saturated heterocycles. The van der Waals surface area contributed by atoms with Crippen molar-refractivity contribution in [3.63, 3.8) is 0 Å². The second kappa shape index (κ2) is 5.96. The third-order valence-corrected chi connectivity index (χ3v) is 4.86. The van der Waals surface area contributed by atoms with Gasteiger partial charge in [-0.2, -0.15) is 0 Å². The van der Waals surface area contributed by atoms with Crippen molar-refractivity contribution in [2.45, 2.75) is 19.4 Å². The van der Waals surface area contributed by atoms with Gasteiger partial charge in [-0.25, -0.2) is 4.79 Å². The predicted molar refractivity (Wildman–Crippen MR) is 87.4 cm³/mol. The molecule has 1 atom stereocenters. The molecular formula is C16H18N2O3S. The Morgan fingerprint density at radius 2 is 2.27 bits per heavy atom. The van der Waals surface area contributed by atoms with Crippen molar-refractivity contribution in [1.82, 2.24) is 4.90 Å². The molecule has 1 aromatic heterocycles. The van der Waals surface area contributed by atoms with Gasteiger partial charge in [0.15, 0.2) is 0 Å². The van der Waals surface area contributed by atoms with Crippen molar-refractivity contribution in [3.8, 4) is 0 Å². The molecular weight excluding hydrogens is 300 g/mol. The Labute approximate surface area is 132 Å². The highest BCUT2D eigenvalue weighted by molar-refractivity contribution is 7.20. The van der Waals surface area contributed by atoms with Crippen LogP contribution in [0.3, 0.4) is 0 Å². The second-order valence-electron chi connectivity index (χ2n) is 5.33. The molecule has 2 aromatic rings. The van der Waals surface area contributed by atoms with Crippen molar-refractivity contribution in [2.24, 2.45) is 0 Å². The third kappa shape index (κ3) is 2.78. The Kier molecular flexibility index (Phi) is 4.02. The van der Waals surface area contributed by atoms with Gasteiger partial charge in [0, 0.05) is 24.0 Å². The maximum Gasteiger partial charge on any atom is 0.348 e. The van der Waals surface area contributed by atoms with Gasteiger partial charge in [0.05, 0.1) is 6.61 Å². The van der Waals surface area contributed by atoms with Gasteiger partial charge < -0.3 is 15.0 Å². The molecule has 0 spiro atoms. The lowest BCUT2D eigenvalue weighted by Crippen LogP contribution is -2.30. The smallest absolute Gasteiger partial charge is 0.348 e. The van der Waals surface area contributed by atoms with Crippen LogP contribution in [0.1, 0.15) is 23.0 Å². The van der Waals surface area contributed by atoms with Crippen molar-refractivity contribution in [3.05, 3.63) is 29.1 Å². The number of amides is 1. The molecule has 0 bridgehead atoms. The molecule has 1 amide bonds. The van der Waals surface area contributed by atoms with Crippen LogP contribution in [0.4, 0.5) is 5.69 Å². The van der Waals surface area contributed by atoms with Crippen molar-refractivity contribution in [1.29, 1.82) is 0 Å². The number of likely N-dealkylation sites (N-methyl/N-ethyl adjacent to an activating group) is 1. The maximum atomic E-state index is 11.9. The largest absolute Gasteiger partial charge is 0.462 e. The van der Waals surface area contributed by atoms with E-state index in [9.17, 15) is 9.59 Å². The van der Waals surface area contributed by atoms with Crippen LogP contribution in [-0.4, -0.2) is 43.0 Å². The maximum absolute atomic E-state index is 11.9. The number of esters is 1. The molecule has 1 aliphatic heterocycles. The van der Waals surface area contributed by atoms with E-state index in [0.717, 1.165) is 28.7 Å². The molecule has 2 heterocycles. The van der Waals surface area contributed by atoms with Gasteiger partial charge in [-0.3, -0.25) is 4.79 Å². The summed E-state index contributed by atoms with van der Waals surface area (Å²) < 4.78 is 6.06. The second-order valence-corrected chi connectivity index (χ2v) is 6.41. The molecule has 0 saturated carbocycles. The summed E-state index contributed by atoms with van der Waals surface area (Å²) in [4.78, 5) is 26.1. The molecule has 116 valence electrons. The molecule has 1 aromatic carbocycles. The molecule has 3 rings (SSSR count). The first-order valence-electron chi connectivity index (χ1n) is 7.30. The Morgan fingerprint density at radius 3 is 2.95 bits per heavy atom. The third-order valence-electron chi connectivity index (χ3n) is 3.76. The fourth-order valence-corrected chi connectivity index (χ4v) is 3.53. The van der Waals surface area contributed by atoms with Crippen LogP contribution in [0.25, 0.3) is 10.1 Å². The van der Waals surface area contributed by atoms with Crippen molar-refractivity contribution >= 4 is 39.0 Å². The lowest BCUT2D eigenvalue weighted by atomic mass is 10.2. The van der Waals surface area contributed by atoms with E-state index >= 15 is 0 Å². The van der Waals surface area contributed by atoms with Gasteiger partial charge in [0.2, 0.25) is 5.91 Å². The number of ether oxygens (including phenoxy) is 1. The van der Waals surface area contributed by atoms with Gasteiger partial charge in [-0.1, -0.05) is 0 Å². The van der Waals surface area contributed by atoms with Gasteiger partial charge >= 0.3 is 5.97 Å². The Hall–Kier alpha value is -2.08. The quantitative estimate of drug-likeness (QED) is 0.881. The predicted octanol–water partition coefficient (Wildman–Crippen LogP) is 2.72. The minimum absolute atomic E-state index is 0.123. The number of nitrogens with one attached hydrogen (secondary N) is 1. The summed E-state index contributed by atoms with van der Waals surface area (Å²) in [6, 6.07) is 7.56. The summed E-state index contributed by atoms with van der Waals surface area (Å²) in [6.07, 6.45) is 0.811. The van der Waals surface area contributed by atoms with Gasteiger partial charge in [-0.15, -0.1) is 11.3 Å². The molecule has 0 aliphatic carbocycles. The van der Waals surface area contributed by atoms with Crippen LogP contribution in [0.15, 0.2) is 24.3 Å². The standard InChI is InChI=1S/C16H18N2O3S/c1-3-21-16(20)14-9-10-8-11(4-5-13(10)22-14)17-12-6-7-18(2)15(12)19/h4-5,8-9,12,17H,3,6-7H2,1-2H3/t12-/m0/s1. The molecule has 1 N–H and O–H groups in total. The van der Waals surface area contributed by atoms with Crippen molar-refractivity contribution < 1.29 is 14.3 Å². The van der Waals surface area contributed by atoms with Gasteiger partial charge in [-0.05, 0) is 43.0 Å². The van der Waals surface area contributed by atoms with Crippen LogP contribution >= 0.6 is 11.3 Å². The van der Waals surface area contributed by atoms with Crippen LogP contribution in [0.5, 0.6) is 0 Å². The van der Waals surface area contributed by atoms with E-state index in [-0.39, 0.29) is 17.9 Å². The summed E-state index contributed by atoms with van der Waals surface area (Å²) in [6.45, 7) is 2.95. The zero-order valence-corrected chi connectivity index (χ0v) is 13.4. The first-order valence-corrected chi connectivity index (χ1v) is 8.12. The lowest BCUT2D eigenvalue weighted by molar-refractivity contribution is -0.127. The highest BCUT2D eigenvalue weighted by atomic mass is 32.1. The average Bonchev–Trinajstić information content (AvgIpc) is 3.06. The molecule has 1 aliphatic rings. The summed E-state index contributed by atoms with van der Waals surface area (Å²) in [5.74, 6) is -0.163. The van der Waals surface area contributed by atoms with E-state index in [1.807, 2.05) is 31.3 Å². The number of rotatable bonds is 4. The van der Waals surface area contributed by atoms with Crippen molar-refractivity contribution in [2.75, 3.05) is 25.5 Å². The minimum Gasteiger partial charge on any atom is -0.462 e. The summed E-state index contributed by atoms with van der Waals surface area (Å²) in [5, 5.41) is 4.26. The monoisotopic (exact) mass is 318 g/mol. The van der Waals surface area contributed by atoms with Crippen LogP contribution in [0.2, 0.25) is 0 Å². The Bertz CT molecular complexity index is 725. The number of likely N-dealkylation sites (tertiary alicyclic amines) is 1. The summed E-state index contributed by atoms with van der Waals surface area (Å²) >= 11 is 1.42. The molecule has 0 radical (unpaired) electrons. The lowest BCUT2D eigenvalue weighted by Gasteiger charge is -2.13. The topological polar surface area (TPSA) is 58.6 Å². The SMILES string of the molecule is CCOC(=O)c1cc2cc(N[C@H]3CCN(C)C3=O)ccc2s1. The number of thiophene rings is 1. The first kappa shape index (κ1) is 14.8. The minimum atomic E-state index is -0.286. The number of carbonyl (C=O) groups is 2. The van der Waals surface area contributed by atoms with E-state index < -0.39 is 0 Å². The number of fused-ring (bicyclic) bond motifs is 1. The fraction of sp³-hybridized carbons (Fsp3) is 0.375. The number of nitrogens with zero attached hydrogens (tertiary/aromatic N) is 1. The number of carbonyl (C=O) groups excluding carboxylic acids is 2. The first-order chi connectivity index (χ1) is 10.6. The van der Waals surface area contributed by atoms with Crippen LogP contribution in [0, 0.1) is 0 Å². The zero-order valence-electron chi connectivity index (χ0n) is 12.6. The normalized spacial score (nSPS) is 18.0. The van der Waals surface area contributed by atoms with Gasteiger partial charge in [0.25, 0.3) is 0 Å². The van der Waals surface area contributed by atoms with E-state index in [1.165, 1.54) is 11.3 Å². The Balaban J connectivity index is 1.81. The van der Waals surface area contributed by atoms with E-state index in [2.05, 4.69) is 5.32 Å². The van der Waals surface area contributed by atoms with Crippen LogP contribution < -0.4 is 5.32 Å². The molecule has 5 nitrogen and oxygen atoms in total. The number of benzene rings is 1. The number of hydrogen-bond acceptors (Lipinski definition) is 5. The molecule has 1 fully saturated rings.